The van der Waals surface area contributed by atoms with Gasteiger partial charge in [0.2, 0.25) is 0 Å². The highest BCUT2D eigenvalue weighted by atomic mass is 19.1. The van der Waals surface area contributed by atoms with Crippen LogP contribution in [0.4, 0.5) is 10.2 Å². The number of nitrogens with one attached hydrogen (secondary N) is 2. The summed E-state index contributed by atoms with van der Waals surface area (Å²) in [7, 11) is 1.48. The molecule has 1 aromatic carbocycles. The van der Waals surface area contributed by atoms with Crippen LogP contribution < -0.4 is 10.6 Å². The number of carbonyl (C=O) groups is 1. The van der Waals surface area contributed by atoms with Crippen molar-refractivity contribution in [3.63, 3.8) is 0 Å². The fraction of sp³-hybridized carbons (Fsp3) is 0.182. The van der Waals surface area contributed by atoms with Crippen molar-refractivity contribution in [2.75, 3.05) is 18.9 Å². The number of pyridine rings is 1. The summed E-state index contributed by atoms with van der Waals surface area (Å²) in [5.41, 5.74) is 2.20. The van der Waals surface area contributed by atoms with Crippen LogP contribution in [0.5, 0.6) is 0 Å². The lowest BCUT2D eigenvalue weighted by Gasteiger charge is -2.16. The van der Waals surface area contributed by atoms with Gasteiger partial charge in [-0.2, -0.15) is 0 Å². The van der Waals surface area contributed by atoms with E-state index in [0.29, 0.717) is 34.7 Å². The molecule has 0 fully saturated rings. The number of amides is 1. The third-order valence-electron chi connectivity index (χ3n) is 4.90. The summed E-state index contributed by atoms with van der Waals surface area (Å²) in [4.78, 5) is 24.9. The Morgan fingerprint density at radius 1 is 1.20 bits per heavy atom. The van der Waals surface area contributed by atoms with Gasteiger partial charge < -0.3 is 15.1 Å². The van der Waals surface area contributed by atoms with Crippen LogP contribution in [-0.4, -0.2) is 34.5 Å². The van der Waals surface area contributed by atoms with Crippen molar-refractivity contribution in [1.82, 2.24) is 20.3 Å². The van der Waals surface area contributed by atoms with Gasteiger partial charge in [-0.1, -0.05) is 25.1 Å². The van der Waals surface area contributed by atoms with E-state index in [2.05, 4.69) is 25.6 Å². The smallest absolute Gasteiger partial charge is 0.254 e. The minimum Gasteiger partial charge on any atom is -0.463 e. The standard InChI is InChI=1S/C22H20FN5O2/c1-13(10-25-19-9-17(27-12-28-19)18-7-4-8-30-18)14-5-3-6-15-20(22(29)24-2)16(23)11-26-21(14)15/h3-9,11-13H,10H2,1-2H3,(H,24,29)(H,25,27,28)/t13-/m1/s1. The third kappa shape index (κ3) is 3.71. The van der Waals surface area contributed by atoms with Crippen LogP contribution in [-0.2, 0) is 0 Å². The highest BCUT2D eigenvalue weighted by molar-refractivity contribution is 6.06. The number of halogens is 1. The van der Waals surface area contributed by atoms with Gasteiger partial charge in [-0.05, 0) is 17.7 Å². The van der Waals surface area contributed by atoms with Gasteiger partial charge in [0.1, 0.15) is 17.8 Å². The number of nitrogens with zero attached hydrogens (tertiary/aromatic N) is 3. The Hall–Kier alpha value is -3.81. The molecule has 0 bridgehead atoms. The molecular weight excluding hydrogens is 385 g/mol. The molecule has 2 N–H and O–H groups in total. The quantitative estimate of drug-likeness (QED) is 0.504. The molecule has 1 amide bonds. The Morgan fingerprint density at radius 3 is 2.83 bits per heavy atom. The molecular formula is C22H20FN5O2. The van der Waals surface area contributed by atoms with Gasteiger partial charge in [-0.3, -0.25) is 9.78 Å². The molecule has 7 nitrogen and oxygen atoms in total. The molecule has 0 aliphatic rings. The topological polar surface area (TPSA) is 92.9 Å². The number of aromatic nitrogens is 3. The van der Waals surface area contributed by atoms with Crippen LogP contribution in [0.15, 0.2) is 59.6 Å². The van der Waals surface area contributed by atoms with Gasteiger partial charge >= 0.3 is 0 Å². The number of anilines is 1. The van der Waals surface area contributed by atoms with Crippen LogP contribution in [0.25, 0.3) is 22.4 Å². The minimum absolute atomic E-state index is 0.00315. The summed E-state index contributed by atoms with van der Waals surface area (Å²) in [5, 5.41) is 6.27. The van der Waals surface area contributed by atoms with Crippen LogP contribution >= 0.6 is 0 Å². The molecule has 0 aliphatic heterocycles. The molecule has 0 radical (unpaired) electrons. The lowest BCUT2D eigenvalue weighted by atomic mass is 9.96. The average Bonchev–Trinajstić information content (AvgIpc) is 3.31. The van der Waals surface area contributed by atoms with Gasteiger partial charge in [0.25, 0.3) is 5.91 Å². The summed E-state index contributed by atoms with van der Waals surface area (Å²) in [6.07, 6.45) is 4.16. The maximum Gasteiger partial charge on any atom is 0.254 e. The summed E-state index contributed by atoms with van der Waals surface area (Å²) in [6.45, 7) is 2.59. The fourth-order valence-corrected chi connectivity index (χ4v) is 3.36. The first-order valence-electron chi connectivity index (χ1n) is 9.47. The van der Waals surface area contributed by atoms with Gasteiger partial charge in [0.05, 0.1) is 23.5 Å². The zero-order valence-electron chi connectivity index (χ0n) is 16.5. The van der Waals surface area contributed by atoms with Crippen molar-refractivity contribution < 1.29 is 13.6 Å². The number of fused-ring (bicyclic) bond motifs is 1. The molecule has 152 valence electrons. The van der Waals surface area contributed by atoms with E-state index in [1.807, 2.05) is 25.1 Å². The van der Waals surface area contributed by atoms with Crippen LogP contribution in [0, 0.1) is 5.82 Å². The third-order valence-corrected chi connectivity index (χ3v) is 4.90. The van der Waals surface area contributed by atoms with Crippen molar-refractivity contribution >= 4 is 22.6 Å². The van der Waals surface area contributed by atoms with Gasteiger partial charge in [0.15, 0.2) is 11.6 Å². The van der Waals surface area contributed by atoms with E-state index in [1.165, 1.54) is 13.4 Å². The van der Waals surface area contributed by atoms with E-state index < -0.39 is 11.7 Å². The minimum atomic E-state index is -0.642. The molecule has 1 atom stereocenters. The van der Waals surface area contributed by atoms with Gasteiger partial charge in [0, 0.05) is 31.0 Å². The number of para-hydroxylation sites is 1. The highest BCUT2D eigenvalue weighted by Crippen LogP contribution is 2.28. The SMILES string of the molecule is CNC(=O)c1c(F)cnc2c([C@H](C)CNc3cc(-c4ccco4)ncn3)cccc12. The first-order chi connectivity index (χ1) is 14.6. The lowest BCUT2D eigenvalue weighted by molar-refractivity contribution is 0.0961. The van der Waals surface area contributed by atoms with Crippen LogP contribution in [0.3, 0.4) is 0 Å². The summed E-state index contributed by atoms with van der Waals surface area (Å²) in [5.74, 6) is 0.223. The number of hydrogen-bond acceptors (Lipinski definition) is 6. The summed E-state index contributed by atoms with van der Waals surface area (Å²) >= 11 is 0. The lowest BCUT2D eigenvalue weighted by Crippen LogP contribution is -2.20. The number of carbonyl (C=O) groups excluding carboxylic acids is 1. The normalized spacial score (nSPS) is 12.0. The zero-order chi connectivity index (χ0) is 21.1. The van der Waals surface area contributed by atoms with E-state index >= 15 is 0 Å². The Labute approximate surface area is 172 Å². The fourth-order valence-electron chi connectivity index (χ4n) is 3.36. The zero-order valence-corrected chi connectivity index (χ0v) is 16.5. The number of furan rings is 1. The first kappa shape index (κ1) is 19.5. The Kier molecular flexibility index (Phi) is 5.38. The number of hydrogen-bond donors (Lipinski definition) is 2. The molecule has 3 heterocycles. The molecule has 0 saturated carbocycles. The second kappa shape index (κ2) is 8.28. The average molecular weight is 405 g/mol. The van der Waals surface area contributed by atoms with E-state index in [9.17, 15) is 9.18 Å². The Bertz CT molecular complexity index is 1190. The van der Waals surface area contributed by atoms with Crippen LogP contribution in [0.2, 0.25) is 0 Å². The molecule has 0 spiro atoms. The van der Waals surface area contributed by atoms with E-state index in [4.69, 9.17) is 4.42 Å². The summed E-state index contributed by atoms with van der Waals surface area (Å²) < 4.78 is 19.6. The monoisotopic (exact) mass is 405 g/mol. The van der Waals surface area contributed by atoms with Crippen molar-refractivity contribution in [2.45, 2.75) is 12.8 Å². The van der Waals surface area contributed by atoms with E-state index in [-0.39, 0.29) is 11.5 Å². The predicted octanol–water partition coefficient (Wildman–Crippen LogP) is 4.00. The predicted molar refractivity (Wildman–Crippen MR) is 112 cm³/mol. The van der Waals surface area contributed by atoms with E-state index in [0.717, 1.165) is 11.8 Å². The highest BCUT2D eigenvalue weighted by Gasteiger charge is 2.19. The van der Waals surface area contributed by atoms with E-state index in [1.54, 1.807) is 24.5 Å². The largest absolute Gasteiger partial charge is 0.463 e. The molecule has 0 unspecified atom stereocenters. The Morgan fingerprint density at radius 2 is 2.07 bits per heavy atom. The van der Waals surface area contributed by atoms with Crippen molar-refractivity contribution in [3.8, 4) is 11.5 Å². The van der Waals surface area contributed by atoms with Gasteiger partial charge in [-0.25, -0.2) is 14.4 Å². The first-order valence-corrected chi connectivity index (χ1v) is 9.47. The van der Waals surface area contributed by atoms with Crippen molar-refractivity contribution in [2.24, 2.45) is 0 Å². The Balaban J connectivity index is 1.59. The number of benzene rings is 1. The maximum absolute atomic E-state index is 14.3. The second-order valence-corrected chi connectivity index (χ2v) is 6.85. The maximum atomic E-state index is 14.3. The second-order valence-electron chi connectivity index (χ2n) is 6.85. The molecule has 3 aromatic heterocycles. The van der Waals surface area contributed by atoms with Crippen LogP contribution in [0.1, 0.15) is 28.8 Å². The molecule has 0 saturated heterocycles. The number of rotatable bonds is 6. The van der Waals surface area contributed by atoms with Crippen molar-refractivity contribution in [1.29, 1.82) is 0 Å². The molecule has 4 rings (SSSR count). The molecule has 30 heavy (non-hydrogen) atoms. The summed E-state index contributed by atoms with van der Waals surface area (Å²) in [6, 6.07) is 10.9. The molecule has 8 heteroatoms. The molecule has 4 aromatic rings. The molecule has 0 aliphatic carbocycles. The van der Waals surface area contributed by atoms with Gasteiger partial charge in [-0.15, -0.1) is 0 Å². The van der Waals surface area contributed by atoms with Crippen molar-refractivity contribution in [3.05, 3.63) is 72.1 Å².